The summed E-state index contributed by atoms with van der Waals surface area (Å²) in [5.41, 5.74) is 5.65. The molecule has 3 N–H and O–H groups in total. The summed E-state index contributed by atoms with van der Waals surface area (Å²) in [7, 11) is 0. The summed E-state index contributed by atoms with van der Waals surface area (Å²) in [5, 5.41) is 18.2. The maximum Gasteiger partial charge on any atom is 0.310 e. The Morgan fingerprint density at radius 3 is 2.07 bits per heavy atom. The van der Waals surface area contributed by atoms with E-state index in [0.717, 1.165) is 0 Å². The lowest BCUT2D eigenvalue weighted by Crippen LogP contribution is -3.12. The van der Waals surface area contributed by atoms with Crippen LogP contribution in [0.15, 0.2) is 0 Å². The first kappa shape index (κ1) is 7.24. The van der Waals surface area contributed by atoms with Crippen LogP contribution >= 0.6 is 0 Å². The van der Waals surface area contributed by atoms with Crippen LogP contribution in [0.2, 0.25) is 0 Å². The van der Waals surface area contributed by atoms with Gasteiger partial charge in [-0.1, -0.05) is 0 Å². The lowest BCUT2D eigenvalue weighted by atomic mass is 8.91. The van der Waals surface area contributed by atoms with Gasteiger partial charge < -0.3 is 10.8 Å². The highest BCUT2D eigenvalue weighted by Gasteiger charge is 3.12. The van der Waals surface area contributed by atoms with Gasteiger partial charge in [0.05, 0.1) is 17.5 Å². The first-order valence-electron chi connectivity index (χ1n) is 5.54. The first-order chi connectivity index (χ1) is 7.16. The summed E-state index contributed by atoms with van der Waals surface area (Å²) in [6.07, 6.45) is 0. The third-order valence-electron chi connectivity index (χ3n) is 6.76. The van der Waals surface area contributed by atoms with Crippen molar-refractivity contribution in [2.45, 2.75) is 6.04 Å². The molecule has 0 aromatic carbocycles. The van der Waals surface area contributed by atoms with E-state index in [4.69, 9.17) is 11.0 Å². The largest absolute Gasteiger partial charge is 0.481 e. The van der Waals surface area contributed by atoms with Gasteiger partial charge in [0.1, 0.15) is 0 Å². The molecule has 0 bridgehead atoms. The Morgan fingerprint density at radius 1 is 1.27 bits per heavy atom. The molecule has 0 aromatic rings. The predicted molar refractivity (Wildman–Crippen MR) is 47.0 cm³/mol. The van der Waals surface area contributed by atoms with Crippen molar-refractivity contribution < 1.29 is 9.90 Å². The second-order valence-electron chi connectivity index (χ2n) is 6.00. The number of carboxylic acids is 1. The molecule has 0 radical (unpaired) electrons. The summed E-state index contributed by atoms with van der Waals surface area (Å²) < 4.78 is 0. The molecule has 76 valence electrons. The highest BCUT2D eigenvalue weighted by Crippen LogP contribution is 3.10. The van der Waals surface area contributed by atoms with Gasteiger partial charge in [-0.25, -0.2) is 0 Å². The van der Waals surface area contributed by atoms with E-state index < -0.39 is 5.97 Å². The number of aliphatic carboxylic acids is 1. The standard InChI is InChI=1S/C11H10N2O2/c12-1-2(13)10-3-6-4(10)8-5(10)7(3)11(6,8)9(14)15/h2-8H,13H2,(H,14,15). The van der Waals surface area contributed by atoms with E-state index in [-0.39, 0.29) is 16.9 Å². The molecule has 15 heavy (non-hydrogen) atoms. The Morgan fingerprint density at radius 2 is 1.73 bits per heavy atom. The molecule has 6 aliphatic carbocycles. The third-order valence-corrected chi connectivity index (χ3v) is 6.76. The maximum atomic E-state index is 11.2. The van der Waals surface area contributed by atoms with Gasteiger partial charge in [0.25, 0.3) is 0 Å². The van der Waals surface area contributed by atoms with Crippen molar-refractivity contribution in [3.63, 3.8) is 0 Å². The van der Waals surface area contributed by atoms with E-state index in [1.54, 1.807) is 0 Å². The zero-order chi connectivity index (χ0) is 10.3. The smallest absolute Gasteiger partial charge is 0.310 e. The minimum absolute atomic E-state index is 0.0892. The molecule has 0 heterocycles. The second-order valence-corrected chi connectivity index (χ2v) is 6.00. The quantitative estimate of drug-likeness (QED) is 0.641. The van der Waals surface area contributed by atoms with E-state index in [1.165, 1.54) is 0 Å². The molecule has 0 aliphatic heterocycles. The highest BCUT2D eigenvalue weighted by atomic mass is 16.4. The number of rotatable bonds is 2. The SMILES string of the molecule is N#CC(N)C12C3C4C1C1C2C3C41C(=O)O. The number of nitriles is 1. The fourth-order valence-electron chi connectivity index (χ4n) is 6.77. The van der Waals surface area contributed by atoms with Crippen LogP contribution in [-0.2, 0) is 4.79 Å². The van der Waals surface area contributed by atoms with Crippen LogP contribution in [0.25, 0.3) is 0 Å². The monoisotopic (exact) mass is 202 g/mol. The van der Waals surface area contributed by atoms with Gasteiger partial charge in [0, 0.05) is 5.41 Å². The minimum atomic E-state index is -0.579. The van der Waals surface area contributed by atoms with Crippen molar-refractivity contribution >= 4 is 5.97 Å². The number of carboxylic acid groups (broad SMARTS) is 1. The van der Waals surface area contributed by atoms with Crippen molar-refractivity contribution in [2.24, 2.45) is 52.1 Å². The average Bonchev–Trinajstić information content (AvgIpc) is 2.27. The van der Waals surface area contributed by atoms with Crippen LogP contribution in [-0.4, -0.2) is 17.1 Å². The van der Waals surface area contributed by atoms with E-state index >= 15 is 0 Å². The fourth-order valence-corrected chi connectivity index (χ4v) is 6.77. The molecule has 4 nitrogen and oxygen atoms in total. The Labute approximate surface area is 86.0 Å². The molecule has 6 saturated carbocycles. The first-order valence-corrected chi connectivity index (χ1v) is 5.54. The molecular weight excluding hydrogens is 192 g/mol. The Hall–Kier alpha value is -1.08. The Kier molecular flexibility index (Phi) is 0.686. The summed E-state index contributed by atoms with van der Waals surface area (Å²) in [6.45, 7) is 0. The highest BCUT2D eigenvalue weighted by molar-refractivity contribution is 5.87. The molecule has 1 atom stereocenters. The van der Waals surface area contributed by atoms with Crippen molar-refractivity contribution in [1.82, 2.24) is 0 Å². The molecule has 1 unspecified atom stereocenters. The zero-order valence-corrected chi connectivity index (χ0v) is 7.92. The van der Waals surface area contributed by atoms with Crippen molar-refractivity contribution in [3.05, 3.63) is 0 Å². The van der Waals surface area contributed by atoms with Crippen molar-refractivity contribution in [1.29, 1.82) is 5.26 Å². The number of nitrogens with zero attached hydrogens (tertiary/aromatic N) is 1. The molecular formula is C11H10N2O2. The zero-order valence-electron chi connectivity index (χ0n) is 7.92. The van der Waals surface area contributed by atoms with E-state index in [9.17, 15) is 9.90 Å². The van der Waals surface area contributed by atoms with Gasteiger partial charge in [0.2, 0.25) is 0 Å². The van der Waals surface area contributed by atoms with E-state index in [0.29, 0.717) is 35.5 Å². The third kappa shape index (κ3) is 0.290. The van der Waals surface area contributed by atoms with Gasteiger partial charge in [0.15, 0.2) is 0 Å². The maximum absolute atomic E-state index is 11.2. The minimum Gasteiger partial charge on any atom is -0.481 e. The molecule has 0 amide bonds. The van der Waals surface area contributed by atoms with Crippen LogP contribution in [0.1, 0.15) is 0 Å². The number of hydrogen-bond donors (Lipinski definition) is 2. The molecule has 6 rings (SSSR count). The fraction of sp³-hybridized carbons (Fsp3) is 0.818. The van der Waals surface area contributed by atoms with E-state index in [2.05, 4.69) is 6.07 Å². The van der Waals surface area contributed by atoms with E-state index in [1.807, 2.05) is 0 Å². The van der Waals surface area contributed by atoms with Gasteiger partial charge in [-0.3, -0.25) is 4.79 Å². The van der Waals surface area contributed by atoms with Gasteiger partial charge in [-0.05, 0) is 35.5 Å². The van der Waals surface area contributed by atoms with Crippen LogP contribution in [0, 0.1) is 57.7 Å². The Bertz CT molecular complexity index is 438. The average molecular weight is 202 g/mol. The second kappa shape index (κ2) is 1.42. The van der Waals surface area contributed by atoms with Gasteiger partial charge in [-0.2, -0.15) is 5.26 Å². The summed E-state index contributed by atoms with van der Waals surface area (Å²) in [4.78, 5) is 11.2. The van der Waals surface area contributed by atoms with Crippen molar-refractivity contribution in [2.75, 3.05) is 0 Å². The summed E-state index contributed by atoms with van der Waals surface area (Å²) in [6, 6.07) is 1.83. The topological polar surface area (TPSA) is 87.1 Å². The molecule has 6 fully saturated rings. The predicted octanol–water partition coefficient (Wildman–Crippen LogP) is -0.340. The van der Waals surface area contributed by atoms with Crippen LogP contribution in [0.4, 0.5) is 0 Å². The van der Waals surface area contributed by atoms with Crippen LogP contribution in [0.5, 0.6) is 0 Å². The molecule has 0 spiro atoms. The van der Waals surface area contributed by atoms with Crippen LogP contribution < -0.4 is 5.73 Å². The normalized spacial score (nSPS) is 74.4. The lowest BCUT2D eigenvalue weighted by Gasteiger charge is -3.10. The summed E-state index contributed by atoms with van der Waals surface area (Å²) in [5.74, 6) is 2.12. The number of carbonyl (C=O) groups is 1. The van der Waals surface area contributed by atoms with Crippen molar-refractivity contribution in [3.8, 4) is 6.07 Å². The summed E-state index contributed by atoms with van der Waals surface area (Å²) >= 11 is 0. The van der Waals surface area contributed by atoms with Gasteiger partial charge in [-0.15, -0.1) is 0 Å². The Balaban J connectivity index is 1.60. The molecule has 0 saturated heterocycles. The molecule has 4 heteroatoms. The van der Waals surface area contributed by atoms with Gasteiger partial charge >= 0.3 is 5.97 Å². The molecule has 6 aliphatic rings. The number of nitrogens with two attached hydrogens (primary N) is 1. The lowest BCUT2D eigenvalue weighted by molar-refractivity contribution is -0.644. The molecule has 0 aromatic heterocycles. The van der Waals surface area contributed by atoms with Crippen LogP contribution in [0.3, 0.4) is 0 Å². The number of hydrogen-bond acceptors (Lipinski definition) is 3.